The number of aliphatic hydroxyl groups excluding tert-OH is 1. The average Bonchev–Trinajstić information content (AvgIpc) is 2.91. The lowest BCUT2D eigenvalue weighted by Gasteiger charge is -2.28. The molecule has 0 bridgehead atoms. The number of rotatable bonds is 4. The number of aromatic nitrogens is 1. The van der Waals surface area contributed by atoms with Crippen LogP contribution >= 0.6 is 0 Å². The molecule has 0 amide bonds. The zero-order valence-electron chi connectivity index (χ0n) is 14.0. The van der Waals surface area contributed by atoms with Crippen LogP contribution < -0.4 is 0 Å². The molecule has 1 saturated heterocycles. The number of fused-ring (bicyclic) bond motifs is 3. The van der Waals surface area contributed by atoms with Gasteiger partial charge in [-0.2, -0.15) is 4.31 Å². The van der Waals surface area contributed by atoms with E-state index in [1.165, 1.54) is 4.31 Å². The zero-order valence-corrected chi connectivity index (χ0v) is 14.8. The van der Waals surface area contributed by atoms with Crippen molar-refractivity contribution in [2.24, 2.45) is 0 Å². The highest BCUT2D eigenvalue weighted by atomic mass is 32.2. The number of hydrogen-bond donors (Lipinski definition) is 1. The minimum Gasteiger partial charge on any atom is -0.390 e. The number of para-hydroxylation sites is 2. The van der Waals surface area contributed by atoms with Crippen molar-refractivity contribution in [3.8, 4) is 0 Å². The summed E-state index contributed by atoms with van der Waals surface area (Å²) in [6, 6.07) is 16.2. The molecular weight excluding hydrogens is 336 g/mol. The SMILES string of the molecule is O=S1(=O)CCCCN1C[C@H](O)Cn1c2ccccc2c2ccccc21. The van der Waals surface area contributed by atoms with Crippen LogP contribution in [-0.2, 0) is 16.6 Å². The molecule has 132 valence electrons. The van der Waals surface area contributed by atoms with Crippen molar-refractivity contribution < 1.29 is 13.5 Å². The minimum absolute atomic E-state index is 0.156. The van der Waals surface area contributed by atoms with Gasteiger partial charge in [0.2, 0.25) is 10.0 Å². The Bertz CT molecular complexity index is 957. The summed E-state index contributed by atoms with van der Waals surface area (Å²) in [5, 5.41) is 12.9. The van der Waals surface area contributed by atoms with E-state index in [-0.39, 0.29) is 12.3 Å². The summed E-state index contributed by atoms with van der Waals surface area (Å²) >= 11 is 0. The second-order valence-corrected chi connectivity index (χ2v) is 8.77. The van der Waals surface area contributed by atoms with Crippen LogP contribution in [0.15, 0.2) is 48.5 Å². The summed E-state index contributed by atoms with van der Waals surface area (Å²) in [6.45, 7) is 1.04. The highest BCUT2D eigenvalue weighted by Crippen LogP contribution is 2.29. The third-order valence-electron chi connectivity index (χ3n) is 4.94. The monoisotopic (exact) mass is 358 g/mol. The molecule has 1 aliphatic rings. The molecule has 0 saturated carbocycles. The summed E-state index contributed by atoms with van der Waals surface area (Å²) in [6.07, 6.45) is 0.829. The molecule has 25 heavy (non-hydrogen) atoms. The van der Waals surface area contributed by atoms with Crippen LogP contribution in [0, 0.1) is 0 Å². The van der Waals surface area contributed by atoms with Gasteiger partial charge in [-0.3, -0.25) is 0 Å². The van der Waals surface area contributed by atoms with Crippen molar-refractivity contribution in [3.05, 3.63) is 48.5 Å². The molecule has 6 heteroatoms. The van der Waals surface area contributed by atoms with Gasteiger partial charge in [-0.25, -0.2) is 8.42 Å². The van der Waals surface area contributed by atoms with Crippen molar-refractivity contribution >= 4 is 31.8 Å². The van der Waals surface area contributed by atoms with Gasteiger partial charge in [0.05, 0.1) is 18.4 Å². The number of β-amino-alcohol motifs (C(OH)–C–C–N with tert-alkyl or cyclic N) is 1. The van der Waals surface area contributed by atoms with Crippen molar-refractivity contribution in [3.63, 3.8) is 0 Å². The van der Waals surface area contributed by atoms with Gasteiger partial charge < -0.3 is 9.67 Å². The van der Waals surface area contributed by atoms with E-state index in [0.29, 0.717) is 19.5 Å². The fraction of sp³-hybridized carbons (Fsp3) is 0.368. The Kier molecular flexibility index (Phi) is 4.27. The van der Waals surface area contributed by atoms with Crippen molar-refractivity contribution in [1.82, 2.24) is 8.87 Å². The maximum Gasteiger partial charge on any atom is 0.214 e. The van der Waals surface area contributed by atoms with Crippen LogP contribution in [0.4, 0.5) is 0 Å². The first-order valence-electron chi connectivity index (χ1n) is 8.68. The first-order chi connectivity index (χ1) is 12.1. The van der Waals surface area contributed by atoms with Crippen LogP contribution in [0.2, 0.25) is 0 Å². The van der Waals surface area contributed by atoms with Crippen LogP contribution in [0.3, 0.4) is 0 Å². The van der Waals surface area contributed by atoms with Crippen molar-refractivity contribution in [2.75, 3.05) is 18.8 Å². The quantitative estimate of drug-likeness (QED) is 0.780. The number of hydrogen-bond acceptors (Lipinski definition) is 3. The first kappa shape index (κ1) is 16.6. The Morgan fingerprint density at radius 2 is 1.52 bits per heavy atom. The fourth-order valence-corrected chi connectivity index (χ4v) is 5.38. The molecule has 0 spiro atoms. The molecule has 0 unspecified atom stereocenters. The van der Waals surface area contributed by atoms with Gasteiger partial charge in [-0.05, 0) is 25.0 Å². The molecule has 1 aliphatic heterocycles. The normalized spacial score (nSPS) is 19.4. The van der Waals surface area contributed by atoms with Crippen LogP contribution in [0.1, 0.15) is 12.8 Å². The summed E-state index contributed by atoms with van der Waals surface area (Å²) < 4.78 is 27.8. The molecule has 1 aromatic heterocycles. The van der Waals surface area contributed by atoms with E-state index < -0.39 is 16.1 Å². The lowest BCUT2D eigenvalue weighted by atomic mass is 10.2. The average molecular weight is 358 g/mol. The zero-order chi connectivity index (χ0) is 17.4. The molecule has 5 nitrogen and oxygen atoms in total. The topological polar surface area (TPSA) is 62.5 Å². The molecule has 1 fully saturated rings. The summed E-state index contributed by atoms with van der Waals surface area (Å²) in [7, 11) is -3.22. The molecule has 3 aromatic rings. The third kappa shape index (κ3) is 3.05. The van der Waals surface area contributed by atoms with Gasteiger partial charge in [0.25, 0.3) is 0 Å². The van der Waals surface area contributed by atoms with Gasteiger partial charge in [0, 0.05) is 34.9 Å². The molecule has 1 N–H and O–H groups in total. The van der Waals surface area contributed by atoms with E-state index in [1.807, 2.05) is 36.4 Å². The number of benzene rings is 2. The van der Waals surface area contributed by atoms with E-state index in [4.69, 9.17) is 0 Å². The molecule has 1 atom stereocenters. The standard InChI is InChI=1S/C19H22N2O3S/c22-15(13-20-11-5-6-12-25(20,23)24)14-21-18-9-3-1-7-16(18)17-8-2-4-10-19(17)21/h1-4,7-10,15,22H,5-6,11-14H2/t15-/m0/s1. The van der Waals surface area contributed by atoms with E-state index >= 15 is 0 Å². The molecule has 0 radical (unpaired) electrons. The minimum atomic E-state index is -3.22. The predicted octanol–water partition coefficient (Wildman–Crippen LogP) is 2.58. The van der Waals surface area contributed by atoms with Gasteiger partial charge >= 0.3 is 0 Å². The highest BCUT2D eigenvalue weighted by molar-refractivity contribution is 7.89. The molecule has 2 aromatic carbocycles. The second-order valence-electron chi connectivity index (χ2n) is 6.68. The van der Waals surface area contributed by atoms with E-state index in [1.54, 1.807) is 0 Å². The molecular formula is C19H22N2O3S. The number of nitrogens with zero attached hydrogens (tertiary/aromatic N) is 2. The summed E-state index contributed by atoms with van der Waals surface area (Å²) in [4.78, 5) is 0. The first-order valence-corrected chi connectivity index (χ1v) is 10.3. The fourth-order valence-electron chi connectivity index (χ4n) is 3.75. The Labute approximate surface area is 147 Å². The number of aliphatic hydroxyl groups is 1. The van der Waals surface area contributed by atoms with E-state index in [0.717, 1.165) is 28.2 Å². The van der Waals surface area contributed by atoms with Gasteiger partial charge in [-0.15, -0.1) is 0 Å². The smallest absolute Gasteiger partial charge is 0.214 e. The van der Waals surface area contributed by atoms with Gasteiger partial charge in [0.15, 0.2) is 0 Å². The lowest BCUT2D eigenvalue weighted by molar-refractivity contribution is 0.128. The van der Waals surface area contributed by atoms with Crippen molar-refractivity contribution in [2.45, 2.75) is 25.5 Å². The Morgan fingerprint density at radius 1 is 0.920 bits per heavy atom. The van der Waals surface area contributed by atoms with E-state index in [9.17, 15) is 13.5 Å². The highest BCUT2D eigenvalue weighted by Gasteiger charge is 2.28. The largest absolute Gasteiger partial charge is 0.390 e. The summed E-state index contributed by atoms with van der Waals surface area (Å²) in [5.74, 6) is 0.190. The maximum absolute atomic E-state index is 12.2. The summed E-state index contributed by atoms with van der Waals surface area (Å²) in [5.41, 5.74) is 2.12. The van der Waals surface area contributed by atoms with Crippen LogP contribution in [0.25, 0.3) is 21.8 Å². The Morgan fingerprint density at radius 3 is 2.12 bits per heavy atom. The Balaban J connectivity index is 1.65. The maximum atomic E-state index is 12.2. The Hall–Kier alpha value is -1.89. The van der Waals surface area contributed by atoms with Gasteiger partial charge in [0.1, 0.15) is 0 Å². The van der Waals surface area contributed by atoms with E-state index in [2.05, 4.69) is 16.7 Å². The van der Waals surface area contributed by atoms with Crippen LogP contribution in [-0.4, -0.2) is 47.3 Å². The number of sulfonamides is 1. The molecule has 4 rings (SSSR count). The predicted molar refractivity (Wildman–Crippen MR) is 100 cm³/mol. The lowest BCUT2D eigenvalue weighted by Crippen LogP contribution is -2.43. The van der Waals surface area contributed by atoms with Crippen molar-refractivity contribution in [1.29, 1.82) is 0 Å². The van der Waals surface area contributed by atoms with Gasteiger partial charge in [-0.1, -0.05) is 36.4 Å². The molecule has 0 aliphatic carbocycles. The molecule has 2 heterocycles. The second kappa shape index (κ2) is 6.44. The van der Waals surface area contributed by atoms with Crippen LogP contribution in [0.5, 0.6) is 0 Å². The third-order valence-corrected chi connectivity index (χ3v) is 6.86.